The summed E-state index contributed by atoms with van der Waals surface area (Å²) in [5, 5.41) is 17.9. The predicted molar refractivity (Wildman–Crippen MR) is 91.0 cm³/mol. The van der Waals surface area contributed by atoms with Crippen molar-refractivity contribution in [3.05, 3.63) is 57.6 Å². The summed E-state index contributed by atoms with van der Waals surface area (Å²) in [6, 6.07) is 7.70. The summed E-state index contributed by atoms with van der Waals surface area (Å²) in [5.41, 5.74) is 2.18. The molecule has 0 aliphatic carbocycles. The number of H-pyrrole nitrogens is 1. The molecule has 6 nitrogen and oxygen atoms in total. The number of anilines is 1. The zero-order chi connectivity index (χ0) is 16.4. The van der Waals surface area contributed by atoms with Crippen LogP contribution in [0.15, 0.2) is 41.5 Å². The van der Waals surface area contributed by atoms with Crippen LogP contribution in [0.5, 0.6) is 0 Å². The van der Waals surface area contributed by atoms with Crippen LogP contribution in [-0.4, -0.2) is 32.5 Å². The highest BCUT2D eigenvalue weighted by molar-refractivity contribution is 6.32. The van der Waals surface area contributed by atoms with Crippen molar-refractivity contribution in [1.82, 2.24) is 14.8 Å². The Morgan fingerprint density at radius 2 is 2.22 bits per heavy atom. The SMILES string of the molecule is Cn1ncc(N[C@H](CO)Cc2c[nH]c3ccccc23)c(Cl)c1=O. The topological polar surface area (TPSA) is 82.9 Å². The van der Waals surface area contributed by atoms with Gasteiger partial charge in [-0.2, -0.15) is 5.10 Å². The molecule has 0 saturated carbocycles. The number of hydrogen-bond acceptors (Lipinski definition) is 4. The number of nitrogens with one attached hydrogen (secondary N) is 2. The molecular formula is C16H17ClN4O2. The van der Waals surface area contributed by atoms with Gasteiger partial charge in [0.1, 0.15) is 5.02 Å². The Morgan fingerprint density at radius 3 is 3.00 bits per heavy atom. The van der Waals surface area contributed by atoms with Crippen molar-refractivity contribution < 1.29 is 5.11 Å². The molecule has 0 bridgehead atoms. The molecule has 0 unspecified atom stereocenters. The van der Waals surface area contributed by atoms with Gasteiger partial charge in [-0.05, 0) is 18.1 Å². The first-order valence-corrected chi connectivity index (χ1v) is 7.62. The first-order chi connectivity index (χ1) is 11.1. The normalized spacial score (nSPS) is 12.5. The van der Waals surface area contributed by atoms with E-state index < -0.39 is 0 Å². The van der Waals surface area contributed by atoms with Crippen molar-refractivity contribution in [2.75, 3.05) is 11.9 Å². The monoisotopic (exact) mass is 332 g/mol. The zero-order valence-corrected chi connectivity index (χ0v) is 13.3. The highest BCUT2D eigenvalue weighted by atomic mass is 35.5. The Labute approximate surface area is 137 Å². The van der Waals surface area contributed by atoms with Gasteiger partial charge in [0.05, 0.1) is 24.5 Å². The molecule has 2 aromatic heterocycles. The van der Waals surface area contributed by atoms with Gasteiger partial charge < -0.3 is 15.4 Å². The minimum Gasteiger partial charge on any atom is -0.394 e. The summed E-state index contributed by atoms with van der Waals surface area (Å²) in [4.78, 5) is 15.0. The molecule has 0 aliphatic rings. The van der Waals surface area contributed by atoms with Crippen molar-refractivity contribution in [1.29, 1.82) is 0 Å². The Balaban J connectivity index is 1.84. The summed E-state index contributed by atoms with van der Waals surface area (Å²) in [5.74, 6) is 0. The van der Waals surface area contributed by atoms with E-state index in [1.165, 1.54) is 17.9 Å². The van der Waals surface area contributed by atoms with E-state index in [1.807, 2.05) is 30.5 Å². The fourth-order valence-corrected chi connectivity index (χ4v) is 2.78. The van der Waals surface area contributed by atoms with Crippen molar-refractivity contribution in [3.8, 4) is 0 Å². The molecule has 3 N–H and O–H groups in total. The van der Waals surface area contributed by atoms with Gasteiger partial charge in [0.25, 0.3) is 5.56 Å². The minimum absolute atomic E-state index is 0.0693. The van der Waals surface area contributed by atoms with Crippen LogP contribution in [0.1, 0.15) is 5.56 Å². The lowest BCUT2D eigenvalue weighted by Crippen LogP contribution is -2.29. The number of para-hydroxylation sites is 1. The van der Waals surface area contributed by atoms with Gasteiger partial charge in [-0.1, -0.05) is 29.8 Å². The van der Waals surface area contributed by atoms with Gasteiger partial charge in [-0.15, -0.1) is 0 Å². The number of aromatic nitrogens is 3. The van der Waals surface area contributed by atoms with Crippen molar-refractivity contribution >= 4 is 28.2 Å². The zero-order valence-electron chi connectivity index (χ0n) is 12.6. The average molecular weight is 333 g/mol. The maximum atomic E-state index is 11.8. The van der Waals surface area contributed by atoms with E-state index >= 15 is 0 Å². The lowest BCUT2D eigenvalue weighted by atomic mass is 10.1. The maximum Gasteiger partial charge on any atom is 0.287 e. The second-order valence-corrected chi connectivity index (χ2v) is 5.77. The van der Waals surface area contributed by atoms with Crippen molar-refractivity contribution in [3.63, 3.8) is 0 Å². The number of fused-ring (bicyclic) bond motifs is 1. The van der Waals surface area contributed by atoms with Crippen LogP contribution < -0.4 is 10.9 Å². The Bertz CT molecular complexity index is 887. The quantitative estimate of drug-likeness (QED) is 0.666. The van der Waals surface area contributed by atoms with Crippen LogP contribution in [0.25, 0.3) is 10.9 Å². The molecular weight excluding hydrogens is 316 g/mol. The standard InChI is InChI=1S/C16H17ClN4O2/c1-21-16(23)15(17)14(8-19-21)20-11(9-22)6-10-7-18-13-5-3-2-4-12(10)13/h2-5,7-8,11,18,20,22H,6,9H2,1H3/t11-/m0/s1. The van der Waals surface area contributed by atoms with Gasteiger partial charge in [-0.3, -0.25) is 4.79 Å². The summed E-state index contributed by atoms with van der Waals surface area (Å²) < 4.78 is 1.17. The van der Waals surface area contributed by atoms with E-state index in [9.17, 15) is 9.90 Å². The predicted octanol–water partition coefficient (Wildman–Crippen LogP) is 1.93. The van der Waals surface area contributed by atoms with E-state index in [1.54, 1.807) is 0 Å². The molecule has 7 heteroatoms. The van der Waals surface area contributed by atoms with E-state index in [0.717, 1.165) is 16.5 Å². The molecule has 23 heavy (non-hydrogen) atoms. The number of aromatic amines is 1. The molecule has 0 spiro atoms. The molecule has 0 aliphatic heterocycles. The molecule has 120 valence electrons. The average Bonchev–Trinajstić information content (AvgIpc) is 2.97. The summed E-state index contributed by atoms with van der Waals surface area (Å²) in [6.07, 6.45) is 4.01. The lowest BCUT2D eigenvalue weighted by Gasteiger charge is -2.18. The van der Waals surface area contributed by atoms with Crippen LogP contribution in [0.4, 0.5) is 5.69 Å². The van der Waals surface area contributed by atoms with Crippen LogP contribution >= 0.6 is 11.6 Å². The van der Waals surface area contributed by atoms with Gasteiger partial charge in [0, 0.05) is 24.1 Å². The summed E-state index contributed by atoms with van der Waals surface area (Å²) in [6.45, 7) is -0.0922. The largest absolute Gasteiger partial charge is 0.394 e. The Kier molecular flexibility index (Phi) is 4.36. The first kappa shape index (κ1) is 15.6. The highest BCUT2D eigenvalue weighted by Gasteiger charge is 2.15. The molecule has 2 heterocycles. The number of halogens is 1. The maximum absolute atomic E-state index is 11.8. The second kappa shape index (κ2) is 6.44. The fourth-order valence-electron chi connectivity index (χ4n) is 2.56. The van der Waals surface area contributed by atoms with E-state index in [-0.39, 0.29) is 23.2 Å². The van der Waals surface area contributed by atoms with E-state index in [0.29, 0.717) is 12.1 Å². The van der Waals surface area contributed by atoms with Crippen LogP contribution in [0, 0.1) is 0 Å². The van der Waals surface area contributed by atoms with E-state index in [2.05, 4.69) is 15.4 Å². The second-order valence-electron chi connectivity index (χ2n) is 5.39. The number of aliphatic hydroxyl groups is 1. The molecule has 0 saturated heterocycles. The van der Waals surface area contributed by atoms with Crippen molar-refractivity contribution in [2.24, 2.45) is 7.05 Å². The van der Waals surface area contributed by atoms with Gasteiger partial charge >= 0.3 is 0 Å². The molecule has 0 radical (unpaired) electrons. The fraction of sp³-hybridized carbons (Fsp3) is 0.250. The molecule has 3 rings (SSSR count). The van der Waals surface area contributed by atoms with Crippen molar-refractivity contribution in [2.45, 2.75) is 12.5 Å². The smallest absolute Gasteiger partial charge is 0.287 e. The van der Waals surface area contributed by atoms with Gasteiger partial charge in [-0.25, -0.2) is 4.68 Å². The lowest BCUT2D eigenvalue weighted by molar-refractivity contribution is 0.274. The summed E-state index contributed by atoms with van der Waals surface area (Å²) in [7, 11) is 1.54. The number of benzene rings is 1. The molecule has 1 aromatic carbocycles. The third-order valence-corrected chi connectivity index (χ3v) is 4.16. The van der Waals surface area contributed by atoms with Gasteiger partial charge in [0.15, 0.2) is 0 Å². The molecule has 1 atom stereocenters. The van der Waals surface area contributed by atoms with E-state index in [4.69, 9.17) is 11.6 Å². The number of aliphatic hydroxyl groups excluding tert-OH is 1. The minimum atomic E-state index is -0.375. The van der Waals surface area contributed by atoms with Gasteiger partial charge in [0.2, 0.25) is 0 Å². The first-order valence-electron chi connectivity index (χ1n) is 7.24. The van der Waals surface area contributed by atoms with Crippen LogP contribution in [0.3, 0.4) is 0 Å². The number of aryl methyl sites for hydroxylation is 1. The molecule has 0 fully saturated rings. The third kappa shape index (κ3) is 3.09. The Morgan fingerprint density at radius 1 is 1.43 bits per heavy atom. The summed E-state index contributed by atoms with van der Waals surface area (Å²) >= 11 is 6.05. The highest BCUT2D eigenvalue weighted by Crippen LogP contribution is 2.21. The number of hydrogen-bond donors (Lipinski definition) is 3. The molecule has 0 amide bonds. The third-order valence-electron chi connectivity index (χ3n) is 3.80. The van der Waals surface area contributed by atoms with Crippen LogP contribution in [0.2, 0.25) is 5.02 Å². The number of nitrogens with zero attached hydrogens (tertiary/aromatic N) is 2. The number of rotatable bonds is 5. The van der Waals surface area contributed by atoms with Crippen LogP contribution in [-0.2, 0) is 13.5 Å². The Hall–Kier alpha value is -2.31. The molecule has 3 aromatic rings.